The molecule has 0 radical (unpaired) electrons. The van der Waals surface area contributed by atoms with E-state index in [-0.39, 0.29) is 23.6 Å². The molecule has 0 atom stereocenters. The summed E-state index contributed by atoms with van der Waals surface area (Å²) in [6.07, 6.45) is 4.72. The maximum absolute atomic E-state index is 12.3. The van der Waals surface area contributed by atoms with E-state index in [0.717, 1.165) is 0 Å². The van der Waals surface area contributed by atoms with E-state index in [2.05, 4.69) is 4.98 Å². The van der Waals surface area contributed by atoms with E-state index >= 15 is 0 Å². The van der Waals surface area contributed by atoms with Gasteiger partial charge in [0, 0.05) is 12.1 Å². The Morgan fingerprint density at radius 1 is 1.22 bits per heavy atom. The maximum Gasteiger partial charge on any atom is 0.287 e. The first-order valence-electron chi connectivity index (χ1n) is 6.81. The largest absolute Gasteiger partial charge is 0.460 e. The van der Waals surface area contributed by atoms with Crippen molar-refractivity contribution in [2.24, 2.45) is 0 Å². The van der Waals surface area contributed by atoms with Gasteiger partial charge in [0.15, 0.2) is 12.3 Å². The molecular formula is C16H12N3O4+. The molecule has 2 aromatic heterocycles. The fourth-order valence-corrected chi connectivity index (χ4v) is 2.17. The van der Waals surface area contributed by atoms with Crippen LogP contribution in [0.3, 0.4) is 0 Å². The second kappa shape index (κ2) is 6.18. The molecule has 0 N–H and O–H groups in total. The number of benzene rings is 1. The highest BCUT2D eigenvalue weighted by Crippen LogP contribution is 2.18. The molecule has 7 heteroatoms. The van der Waals surface area contributed by atoms with Crippen molar-refractivity contribution in [3.05, 3.63) is 76.9 Å². The molecule has 0 spiro atoms. The van der Waals surface area contributed by atoms with Crippen LogP contribution >= 0.6 is 0 Å². The molecule has 3 rings (SSSR count). The highest BCUT2D eigenvalue weighted by atomic mass is 16.6. The van der Waals surface area contributed by atoms with Crippen LogP contribution in [-0.4, -0.2) is 15.7 Å². The van der Waals surface area contributed by atoms with Crippen molar-refractivity contribution in [3.63, 3.8) is 0 Å². The lowest BCUT2D eigenvalue weighted by Gasteiger charge is -2.01. The van der Waals surface area contributed by atoms with E-state index in [1.165, 1.54) is 24.5 Å². The van der Waals surface area contributed by atoms with Crippen LogP contribution in [0.1, 0.15) is 10.4 Å². The summed E-state index contributed by atoms with van der Waals surface area (Å²) in [6.45, 7) is -0.0315. The molecule has 7 nitrogen and oxygen atoms in total. The lowest BCUT2D eigenvalue weighted by atomic mass is 10.1. The number of ketones is 1. The van der Waals surface area contributed by atoms with Gasteiger partial charge in [-0.15, -0.1) is 0 Å². The zero-order chi connectivity index (χ0) is 16.2. The van der Waals surface area contributed by atoms with Gasteiger partial charge < -0.3 is 4.42 Å². The summed E-state index contributed by atoms with van der Waals surface area (Å²) in [5.41, 5.74) is 0.530. The van der Waals surface area contributed by atoms with E-state index in [9.17, 15) is 14.9 Å². The minimum atomic E-state index is -0.559. The minimum absolute atomic E-state index is 0.0315. The highest BCUT2D eigenvalue weighted by Gasteiger charge is 2.21. The van der Waals surface area contributed by atoms with Crippen LogP contribution in [0, 0.1) is 10.1 Å². The van der Waals surface area contributed by atoms with E-state index in [1.54, 1.807) is 41.3 Å². The SMILES string of the molecule is O=C(C[n+]1ccc(-c2ccco2)nc1)c1ccccc1[N+](=O)[O-]. The number of hydrogen-bond acceptors (Lipinski definition) is 5. The van der Waals surface area contributed by atoms with E-state index in [1.807, 2.05) is 0 Å². The van der Waals surface area contributed by atoms with Crippen molar-refractivity contribution in [1.82, 2.24) is 4.98 Å². The van der Waals surface area contributed by atoms with Gasteiger partial charge in [-0.3, -0.25) is 14.9 Å². The Balaban J connectivity index is 1.80. The number of Topliss-reactive ketones (excluding diaryl/α,β-unsaturated/α-hetero) is 1. The molecule has 0 aliphatic heterocycles. The van der Waals surface area contributed by atoms with Crippen molar-refractivity contribution in [1.29, 1.82) is 0 Å². The first kappa shape index (κ1) is 14.6. The fraction of sp³-hybridized carbons (Fsp3) is 0.0625. The molecule has 0 unspecified atom stereocenters. The Bertz CT molecular complexity index is 842. The first-order chi connectivity index (χ1) is 11.1. The molecule has 114 valence electrons. The summed E-state index contributed by atoms with van der Waals surface area (Å²) in [6, 6.07) is 11.2. The highest BCUT2D eigenvalue weighted by molar-refractivity contribution is 5.98. The van der Waals surface area contributed by atoms with Gasteiger partial charge in [0.1, 0.15) is 0 Å². The van der Waals surface area contributed by atoms with Crippen molar-refractivity contribution < 1.29 is 18.7 Å². The van der Waals surface area contributed by atoms with Gasteiger partial charge in [0.2, 0.25) is 11.5 Å². The Morgan fingerprint density at radius 3 is 2.70 bits per heavy atom. The van der Waals surface area contributed by atoms with Crippen LogP contribution in [0.15, 0.2) is 65.7 Å². The van der Waals surface area contributed by atoms with E-state index in [4.69, 9.17) is 4.42 Å². The van der Waals surface area contributed by atoms with Gasteiger partial charge in [-0.2, -0.15) is 0 Å². The first-order valence-corrected chi connectivity index (χ1v) is 6.81. The number of nitro groups is 1. The van der Waals surface area contributed by atoms with Crippen molar-refractivity contribution in [3.8, 4) is 11.5 Å². The molecule has 0 saturated carbocycles. The van der Waals surface area contributed by atoms with E-state index < -0.39 is 4.92 Å². The Kier molecular flexibility index (Phi) is 3.92. The van der Waals surface area contributed by atoms with Crippen LogP contribution in [0.4, 0.5) is 5.69 Å². The fourth-order valence-electron chi connectivity index (χ4n) is 2.17. The summed E-state index contributed by atoms with van der Waals surface area (Å²) in [7, 11) is 0. The zero-order valence-electron chi connectivity index (χ0n) is 12.0. The van der Waals surface area contributed by atoms with E-state index in [0.29, 0.717) is 11.5 Å². The number of furan rings is 1. The summed E-state index contributed by atoms with van der Waals surface area (Å²) in [5, 5.41) is 11.0. The third-order valence-corrected chi connectivity index (χ3v) is 3.27. The third-order valence-electron chi connectivity index (χ3n) is 3.27. The second-order valence-electron chi connectivity index (χ2n) is 4.79. The van der Waals surface area contributed by atoms with Crippen LogP contribution < -0.4 is 4.57 Å². The van der Waals surface area contributed by atoms with Crippen molar-refractivity contribution in [2.45, 2.75) is 6.54 Å². The third kappa shape index (κ3) is 3.13. The standard InChI is InChI=1S/C16H12N3O4/c20-15(12-4-1-2-5-14(12)19(21)22)10-18-8-7-13(17-11-18)16-6-3-9-23-16/h1-9,11H,10H2/q+1. The quantitative estimate of drug-likeness (QED) is 0.312. The number of rotatable bonds is 5. The maximum atomic E-state index is 12.3. The number of aromatic nitrogens is 2. The minimum Gasteiger partial charge on any atom is -0.460 e. The topological polar surface area (TPSA) is 90.1 Å². The smallest absolute Gasteiger partial charge is 0.287 e. The van der Waals surface area contributed by atoms with Gasteiger partial charge in [-0.05, 0) is 23.2 Å². The molecule has 0 saturated heterocycles. The van der Waals surface area contributed by atoms with Gasteiger partial charge in [0.25, 0.3) is 12.0 Å². The number of hydrogen-bond donors (Lipinski definition) is 0. The number of nitro benzene ring substituents is 1. The molecule has 23 heavy (non-hydrogen) atoms. The van der Waals surface area contributed by atoms with Crippen LogP contribution in [0.25, 0.3) is 11.5 Å². The summed E-state index contributed by atoms with van der Waals surface area (Å²) in [4.78, 5) is 26.9. The van der Waals surface area contributed by atoms with Crippen molar-refractivity contribution in [2.75, 3.05) is 0 Å². The summed E-state index contributed by atoms with van der Waals surface area (Å²) < 4.78 is 6.80. The van der Waals surface area contributed by atoms with Crippen LogP contribution in [0.2, 0.25) is 0 Å². The molecule has 0 amide bonds. The Labute approximate surface area is 131 Å². The Hall–Kier alpha value is -3.35. The summed E-state index contributed by atoms with van der Waals surface area (Å²) >= 11 is 0. The molecule has 0 fully saturated rings. The average molecular weight is 310 g/mol. The lowest BCUT2D eigenvalue weighted by molar-refractivity contribution is -0.686. The van der Waals surface area contributed by atoms with Crippen molar-refractivity contribution >= 4 is 11.5 Å². The summed E-state index contributed by atoms with van der Waals surface area (Å²) in [5.74, 6) is 0.275. The predicted octanol–water partition coefficient (Wildman–Crippen LogP) is 2.42. The zero-order valence-corrected chi connectivity index (χ0v) is 12.0. The molecule has 1 aromatic carbocycles. The predicted molar refractivity (Wildman–Crippen MR) is 79.6 cm³/mol. The number of carbonyl (C=O) groups excluding carboxylic acids is 1. The molecular weight excluding hydrogens is 298 g/mol. The number of nitrogens with zero attached hydrogens (tertiary/aromatic N) is 3. The molecule has 0 bridgehead atoms. The van der Waals surface area contributed by atoms with Crippen LogP contribution in [-0.2, 0) is 6.54 Å². The molecule has 0 aliphatic carbocycles. The number of para-hydroxylation sites is 1. The second-order valence-corrected chi connectivity index (χ2v) is 4.79. The Morgan fingerprint density at radius 2 is 2.04 bits per heavy atom. The van der Waals surface area contributed by atoms with Gasteiger partial charge in [-0.25, -0.2) is 4.57 Å². The molecule has 0 aliphatic rings. The molecule has 2 heterocycles. The molecule has 3 aromatic rings. The van der Waals surface area contributed by atoms with Gasteiger partial charge in [0.05, 0.1) is 22.9 Å². The van der Waals surface area contributed by atoms with Gasteiger partial charge >= 0.3 is 0 Å². The normalized spacial score (nSPS) is 10.4. The monoisotopic (exact) mass is 310 g/mol. The van der Waals surface area contributed by atoms with Crippen LogP contribution in [0.5, 0.6) is 0 Å². The number of carbonyl (C=O) groups is 1. The van der Waals surface area contributed by atoms with Gasteiger partial charge in [-0.1, -0.05) is 12.1 Å². The lowest BCUT2D eigenvalue weighted by Crippen LogP contribution is -2.37. The average Bonchev–Trinajstić information content (AvgIpc) is 3.10.